The molecule has 3 aromatic rings. The average molecular weight is 592 g/mol. The summed E-state index contributed by atoms with van der Waals surface area (Å²) >= 11 is 0. The number of aryl methyl sites for hydroxylation is 1. The lowest BCUT2D eigenvalue weighted by Gasteiger charge is -2.27. The molecule has 3 heterocycles. The van der Waals surface area contributed by atoms with E-state index in [1.54, 1.807) is 45.9 Å². The molecule has 0 radical (unpaired) electrons. The van der Waals surface area contributed by atoms with Gasteiger partial charge in [-0.25, -0.2) is 4.98 Å². The summed E-state index contributed by atoms with van der Waals surface area (Å²) in [6.45, 7) is 9.23. The first-order chi connectivity index (χ1) is 19.0. The molecule has 10 nitrogen and oxygen atoms in total. The predicted octanol–water partition coefficient (Wildman–Crippen LogP) is 7.31. The Balaban J connectivity index is 1.37. The Labute approximate surface area is 234 Å². The third-order valence-corrected chi connectivity index (χ3v) is 13.2. The molecule has 216 valence electrons. The molecule has 1 aromatic heterocycles. The number of aromatic nitrogens is 1. The Kier molecular flexibility index (Phi) is 8.31. The van der Waals surface area contributed by atoms with E-state index in [4.69, 9.17) is 32.0 Å². The molecule has 2 fully saturated rings. The van der Waals surface area contributed by atoms with Crippen LogP contribution in [0.1, 0.15) is 50.1 Å². The molecule has 0 spiro atoms. The number of benzene rings is 2. The molecule has 5 rings (SSSR count). The summed E-state index contributed by atoms with van der Waals surface area (Å²) < 4.78 is 68.9. The summed E-state index contributed by atoms with van der Waals surface area (Å²) in [4.78, 5) is 4.53. The molecule has 2 unspecified atom stereocenters. The summed E-state index contributed by atoms with van der Waals surface area (Å²) in [5.74, 6) is 2.10. The van der Waals surface area contributed by atoms with Crippen LogP contribution in [0.5, 0.6) is 11.5 Å². The Bertz CT molecular complexity index is 1380. The first-order valence-corrected chi connectivity index (χ1v) is 16.5. The lowest BCUT2D eigenvalue weighted by Crippen LogP contribution is -2.13. The van der Waals surface area contributed by atoms with Crippen molar-refractivity contribution in [2.75, 3.05) is 13.7 Å². The number of nitrogens with zero attached hydrogens (tertiary/aromatic N) is 1. The van der Waals surface area contributed by atoms with Gasteiger partial charge in [-0.2, -0.15) is 0 Å². The zero-order valence-corrected chi connectivity index (χ0v) is 25.2. The van der Waals surface area contributed by atoms with Crippen molar-refractivity contribution in [3.8, 4) is 23.0 Å². The number of oxazole rings is 1. The van der Waals surface area contributed by atoms with E-state index < -0.39 is 45.0 Å². The molecular weight excluding hydrogens is 556 g/mol. The van der Waals surface area contributed by atoms with Crippen molar-refractivity contribution in [1.82, 2.24) is 4.98 Å². The monoisotopic (exact) mass is 591 g/mol. The molecular formula is C28H35NO9P2. The second kappa shape index (κ2) is 11.4. The van der Waals surface area contributed by atoms with Crippen LogP contribution in [0.2, 0.25) is 0 Å². The van der Waals surface area contributed by atoms with Crippen molar-refractivity contribution in [1.29, 1.82) is 0 Å². The molecule has 0 saturated carbocycles. The summed E-state index contributed by atoms with van der Waals surface area (Å²) in [5.41, 5.74) is 2.08. The van der Waals surface area contributed by atoms with E-state index in [2.05, 4.69) is 4.98 Å². The van der Waals surface area contributed by atoms with Gasteiger partial charge in [0.1, 0.15) is 5.76 Å². The Morgan fingerprint density at radius 1 is 0.850 bits per heavy atom. The highest BCUT2D eigenvalue weighted by molar-refractivity contribution is 7.72. The molecule has 0 bridgehead atoms. The Morgan fingerprint density at radius 3 is 1.98 bits per heavy atom. The SMILES string of the molecule is COc1cc(C(P2(=O)O[C@@H](C)[C@@H](C)O2)P2(=O)O[C@@H](C)[C@@H](C)O2)ccc1OCCc1oc(-c2ccccc2)nc1C. The van der Waals surface area contributed by atoms with E-state index in [0.717, 1.165) is 17.0 Å². The van der Waals surface area contributed by atoms with Gasteiger partial charge in [0.25, 0.3) is 0 Å². The maximum absolute atomic E-state index is 14.0. The van der Waals surface area contributed by atoms with Gasteiger partial charge < -0.3 is 32.0 Å². The van der Waals surface area contributed by atoms with Gasteiger partial charge >= 0.3 is 15.2 Å². The van der Waals surface area contributed by atoms with Crippen LogP contribution in [0.4, 0.5) is 0 Å². The maximum Gasteiger partial charge on any atom is 0.350 e. The van der Waals surface area contributed by atoms with Crippen LogP contribution in [0.3, 0.4) is 0 Å². The fourth-order valence-corrected chi connectivity index (χ4v) is 10.9. The van der Waals surface area contributed by atoms with Crippen molar-refractivity contribution >= 4 is 15.2 Å². The average Bonchev–Trinajstić information content (AvgIpc) is 3.51. The van der Waals surface area contributed by atoms with Gasteiger partial charge in [0.15, 0.2) is 16.9 Å². The minimum absolute atomic E-state index is 0.295. The highest BCUT2D eigenvalue weighted by Crippen LogP contribution is 2.83. The molecule has 0 N–H and O–H groups in total. The van der Waals surface area contributed by atoms with E-state index in [-0.39, 0.29) is 0 Å². The van der Waals surface area contributed by atoms with Crippen LogP contribution in [-0.4, -0.2) is 43.1 Å². The van der Waals surface area contributed by atoms with Crippen LogP contribution in [0.15, 0.2) is 52.9 Å². The molecule has 0 amide bonds. The van der Waals surface area contributed by atoms with Gasteiger partial charge in [-0.15, -0.1) is 0 Å². The van der Waals surface area contributed by atoms with Crippen molar-refractivity contribution in [2.24, 2.45) is 0 Å². The third kappa shape index (κ3) is 5.67. The molecule has 12 heteroatoms. The fourth-order valence-electron chi connectivity index (χ4n) is 4.67. The number of ether oxygens (including phenoxy) is 2. The van der Waals surface area contributed by atoms with E-state index in [9.17, 15) is 9.13 Å². The molecule has 2 aromatic carbocycles. The maximum atomic E-state index is 14.0. The van der Waals surface area contributed by atoms with E-state index in [1.165, 1.54) is 7.11 Å². The van der Waals surface area contributed by atoms with Crippen LogP contribution in [-0.2, 0) is 33.6 Å². The van der Waals surface area contributed by atoms with E-state index in [0.29, 0.717) is 36.0 Å². The van der Waals surface area contributed by atoms with Crippen molar-refractivity contribution in [3.63, 3.8) is 0 Å². The second-order valence-electron chi connectivity index (χ2n) is 10.1. The van der Waals surface area contributed by atoms with Gasteiger partial charge in [0.2, 0.25) is 5.89 Å². The quantitative estimate of drug-likeness (QED) is 0.235. The highest BCUT2D eigenvalue weighted by atomic mass is 31.2. The Morgan fingerprint density at radius 2 is 1.43 bits per heavy atom. The second-order valence-corrected chi connectivity index (χ2v) is 14.5. The highest BCUT2D eigenvalue weighted by Gasteiger charge is 2.60. The topological polar surface area (TPSA) is 116 Å². The van der Waals surface area contributed by atoms with Gasteiger partial charge in [0, 0.05) is 12.0 Å². The normalized spacial score (nSPS) is 30.9. The zero-order chi connectivity index (χ0) is 28.7. The van der Waals surface area contributed by atoms with Crippen molar-refractivity contribution in [2.45, 2.75) is 70.9 Å². The van der Waals surface area contributed by atoms with Crippen LogP contribution >= 0.6 is 15.2 Å². The van der Waals surface area contributed by atoms with E-state index in [1.807, 2.05) is 37.3 Å². The minimum Gasteiger partial charge on any atom is -0.493 e. The van der Waals surface area contributed by atoms with Gasteiger partial charge in [0.05, 0.1) is 43.8 Å². The Hall–Kier alpha value is -2.45. The zero-order valence-electron chi connectivity index (χ0n) is 23.4. The molecule has 6 atom stereocenters. The van der Waals surface area contributed by atoms with Gasteiger partial charge in [-0.05, 0) is 64.4 Å². The number of hydrogen-bond acceptors (Lipinski definition) is 10. The first-order valence-electron chi connectivity index (χ1n) is 13.3. The lowest BCUT2D eigenvalue weighted by atomic mass is 10.2. The molecule has 2 saturated heterocycles. The number of methoxy groups -OCH3 is 1. The number of rotatable bonds is 9. The molecule has 2 aliphatic heterocycles. The third-order valence-electron chi connectivity index (χ3n) is 7.16. The lowest BCUT2D eigenvalue weighted by molar-refractivity contribution is 0.187. The van der Waals surface area contributed by atoms with Gasteiger partial charge in [-0.3, -0.25) is 9.13 Å². The van der Waals surface area contributed by atoms with Crippen LogP contribution in [0.25, 0.3) is 11.5 Å². The summed E-state index contributed by atoms with van der Waals surface area (Å²) in [6, 6.07) is 14.7. The minimum atomic E-state index is -3.95. The largest absolute Gasteiger partial charge is 0.493 e. The smallest absolute Gasteiger partial charge is 0.350 e. The molecule has 40 heavy (non-hydrogen) atoms. The number of hydrogen-bond donors (Lipinski definition) is 0. The fraction of sp³-hybridized carbons (Fsp3) is 0.464. The van der Waals surface area contributed by atoms with Gasteiger partial charge in [-0.1, -0.05) is 24.3 Å². The first kappa shape index (κ1) is 29.1. The van der Waals surface area contributed by atoms with Crippen molar-refractivity contribution < 1.29 is 41.1 Å². The molecule has 0 aliphatic carbocycles. The van der Waals surface area contributed by atoms with Crippen molar-refractivity contribution in [3.05, 3.63) is 65.5 Å². The van der Waals surface area contributed by atoms with Crippen LogP contribution < -0.4 is 9.47 Å². The predicted molar refractivity (Wildman–Crippen MR) is 149 cm³/mol. The van der Waals surface area contributed by atoms with Crippen LogP contribution in [0, 0.1) is 6.92 Å². The summed E-state index contributed by atoms with van der Waals surface area (Å²) in [6.07, 6.45) is -1.33. The standard InChI is InChI=1S/C28H35NO9P2/c1-17-24(34-27(29-17)22-10-8-7-9-11-22)14-15-33-25-13-12-23(16-26(25)32-6)28(39(30)35-18(2)19(3)36-39)40(31)37-20(4)21(5)38-40/h7-13,16,18-21,28H,14-15H2,1-6H3/t18-,19+,20-,21+,28?,39?,40?. The molecule has 2 aliphatic rings. The summed E-state index contributed by atoms with van der Waals surface area (Å²) in [5, 5.41) is -1.28. The van der Waals surface area contributed by atoms with E-state index >= 15 is 0 Å². The summed E-state index contributed by atoms with van der Waals surface area (Å²) in [7, 11) is -6.39.